The number of carbonyl (C=O) groups excluding carboxylic acids is 1. The van der Waals surface area contributed by atoms with Gasteiger partial charge in [-0.2, -0.15) is 0 Å². The number of methoxy groups -OCH3 is 1. The quantitative estimate of drug-likeness (QED) is 0.898. The van der Waals surface area contributed by atoms with Gasteiger partial charge in [-0.3, -0.25) is 4.79 Å². The van der Waals surface area contributed by atoms with Gasteiger partial charge in [-0.15, -0.1) is 11.3 Å². The number of nitrogens with one attached hydrogen (secondary N) is 1. The summed E-state index contributed by atoms with van der Waals surface area (Å²) >= 11 is 1.32. The zero-order valence-electron chi connectivity index (χ0n) is 10.8. The average Bonchev–Trinajstić information content (AvgIpc) is 2.76. The fourth-order valence-electron chi connectivity index (χ4n) is 1.66. The van der Waals surface area contributed by atoms with Crippen molar-refractivity contribution in [1.29, 1.82) is 0 Å². The second-order valence-corrected chi connectivity index (χ2v) is 5.00. The molecule has 0 aliphatic carbocycles. The first-order valence-corrected chi connectivity index (χ1v) is 6.61. The van der Waals surface area contributed by atoms with Crippen molar-refractivity contribution in [2.75, 3.05) is 18.2 Å². The lowest BCUT2D eigenvalue weighted by Gasteiger charge is -2.10. The van der Waals surface area contributed by atoms with Gasteiger partial charge in [-0.05, 0) is 24.6 Å². The zero-order chi connectivity index (χ0) is 13.8. The third kappa shape index (κ3) is 3.45. The van der Waals surface area contributed by atoms with Crippen LogP contribution < -0.4 is 15.8 Å². The lowest BCUT2D eigenvalue weighted by molar-refractivity contribution is -0.115. The first kappa shape index (κ1) is 13.4. The van der Waals surface area contributed by atoms with Crippen LogP contribution in [0.5, 0.6) is 5.75 Å². The van der Waals surface area contributed by atoms with Gasteiger partial charge in [0.1, 0.15) is 5.75 Å². The van der Waals surface area contributed by atoms with E-state index in [0.29, 0.717) is 22.3 Å². The molecule has 6 heteroatoms. The normalized spacial score (nSPS) is 10.2. The SMILES string of the molecule is COc1cc(C)ccc1NC(=O)Cc1csc(N)n1. The molecule has 0 fully saturated rings. The van der Waals surface area contributed by atoms with Gasteiger partial charge in [-0.25, -0.2) is 4.98 Å². The molecule has 0 radical (unpaired) electrons. The Kier molecular flexibility index (Phi) is 4.01. The van der Waals surface area contributed by atoms with Gasteiger partial charge in [0.2, 0.25) is 5.91 Å². The van der Waals surface area contributed by atoms with Crippen molar-refractivity contribution in [3.05, 3.63) is 34.8 Å². The van der Waals surface area contributed by atoms with Crippen molar-refractivity contribution in [2.24, 2.45) is 0 Å². The summed E-state index contributed by atoms with van der Waals surface area (Å²) < 4.78 is 5.23. The minimum atomic E-state index is -0.146. The van der Waals surface area contributed by atoms with Crippen LogP contribution in [0.4, 0.5) is 10.8 Å². The molecule has 1 heterocycles. The number of amides is 1. The smallest absolute Gasteiger partial charge is 0.230 e. The molecule has 0 aliphatic heterocycles. The summed E-state index contributed by atoms with van der Waals surface area (Å²) in [5.74, 6) is 0.499. The standard InChI is InChI=1S/C13H15N3O2S/c1-8-3-4-10(11(5-8)18-2)16-12(17)6-9-7-19-13(14)15-9/h3-5,7H,6H2,1-2H3,(H2,14,15)(H,16,17). The van der Waals surface area contributed by atoms with E-state index in [1.165, 1.54) is 11.3 Å². The van der Waals surface area contributed by atoms with Crippen molar-refractivity contribution >= 4 is 28.1 Å². The number of nitrogens with zero attached hydrogens (tertiary/aromatic N) is 1. The Hall–Kier alpha value is -2.08. The molecule has 1 aromatic heterocycles. The minimum absolute atomic E-state index is 0.146. The summed E-state index contributed by atoms with van der Waals surface area (Å²) in [4.78, 5) is 16.0. The minimum Gasteiger partial charge on any atom is -0.495 e. The van der Waals surface area contributed by atoms with Crippen LogP contribution in [0.2, 0.25) is 0 Å². The zero-order valence-corrected chi connectivity index (χ0v) is 11.6. The Morgan fingerprint density at radius 2 is 2.32 bits per heavy atom. The molecular formula is C13H15N3O2S. The molecule has 1 amide bonds. The van der Waals surface area contributed by atoms with E-state index in [2.05, 4.69) is 10.3 Å². The molecule has 3 N–H and O–H groups in total. The molecular weight excluding hydrogens is 262 g/mol. The molecule has 2 rings (SSSR count). The number of aromatic nitrogens is 1. The summed E-state index contributed by atoms with van der Waals surface area (Å²) in [5, 5.41) is 5.05. The highest BCUT2D eigenvalue weighted by Gasteiger charge is 2.10. The number of rotatable bonds is 4. The van der Waals surface area contributed by atoms with Crippen molar-refractivity contribution in [3.63, 3.8) is 0 Å². The van der Waals surface area contributed by atoms with Gasteiger partial charge in [-0.1, -0.05) is 6.07 Å². The average molecular weight is 277 g/mol. The van der Waals surface area contributed by atoms with Gasteiger partial charge < -0.3 is 15.8 Å². The fourth-order valence-corrected chi connectivity index (χ4v) is 2.23. The molecule has 0 bridgehead atoms. The number of aryl methyl sites for hydroxylation is 1. The number of hydrogen-bond donors (Lipinski definition) is 2. The Morgan fingerprint density at radius 3 is 2.95 bits per heavy atom. The van der Waals surface area contributed by atoms with Gasteiger partial charge in [0, 0.05) is 5.38 Å². The van der Waals surface area contributed by atoms with Crippen LogP contribution in [0.3, 0.4) is 0 Å². The Morgan fingerprint density at radius 1 is 1.53 bits per heavy atom. The summed E-state index contributed by atoms with van der Waals surface area (Å²) in [6.45, 7) is 1.96. The third-order valence-corrected chi connectivity index (χ3v) is 3.27. The second kappa shape index (κ2) is 5.71. The molecule has 0 spiro atoms. The molecule has 0 atom stereocenters. The lowest BCUT2D eigenvalue weighted by atomic mass is 10.2. The Balaban J connectivity index is 2.06. The highest BCUT2D eigenvalue weighted by molar-refractivity contribution is 7.13. The first-order chi connectivity index (χ1) is 9.08. The fraction of sp³-hybridized carbons (Fsp3) is 0.231. The van der Waals surface area contributed by atoms with Gasteiger partial charge in [0.25, 0.3) is 0 Å². The maximum atomic E-state index is 11.9. The van der Waals surface area contributed by atoms with E-state index in [1.807, 2.05) is 25.1 Å². The number of anilines is 2. The van der Waals surface area contributed by atoms with E-state index >= 15 is 0 Å². The number of nitrogens with two attached hydrogens (primary N) is 1. The summed E-state index contributed by atoms with van der Waals surface area (Å²) in [6.07, 6.45) is 0.199. The van der Waals surface area contributed by atoms with Crippen LogP contribution in [-0.4, -0.2) is 18.0 Å². The molecule has 0 saturated heterocycles. The maximum Gasteiger partial charge on any atom is 0.230 e. The van der Waals surface area contributed by atoms with Crippen LogP contribution in [-0.2, 0) is 11.2 Å². The monoisotopic (exact) mass is 277 g/mol. The van der Waals surface area contributed by atoms with E-state index in [0.717, 1.165) is 5.56 Å². The number of benzene rings is 1. The third-order valence-electron chi connectivity index (χ3n) is 2.54. The molecule has 19 heavy (non-hydrogen) atoms. The van der Waals surface area contributed by atoms with Crippen LogP contribution >= 0.6 is 11.3 Å². The van der Waals surface area contributed by atoms with Gasteiger partial charge >= 0.3 is 0 Å². The van der Waals surface area contributed by atoms with Gasteiger partial charge in [0.15, 0.2) is 5.13 Å². The first-order valence-electron chi connectivity index (χ1n) is 5.73. The molecule has 5 nitrogen and oxygen atoms in total. The van der Waals surface area contributed by atoms with E-state index in [1.54, 1.807) is 12.5 Å². The molecule has 100 valence electrons. The van der Waals surface area contributed by atoms with E-state index in [9.17, 15) is 4.79 Å². The van der Waals surface area contributed by atoms with Crippen molar-refractivity contribution < 1.29 is 9.53 Å². The predicted octanol–water partition coefficient (Wildman–Crippen LogP) is 2.22. The number of ether oxygens (including phenoxy) is 1. The number of nitrogen functional groups attached to an aromatic ring is 1. The molecule has 2 aromatic rings. The number of thiazole rings is 1. The summed E-state index contributed by atoms with van der Waals surface area (Å²) in [5.41, 5.74) is 7.92. The summed E-state index contributed by atoms with van der Waals surface area (Å²) in [6, 6.07) is 5.61. The number of carbonyl (C=O) groups is 1. The van der Waals surface area contributed by atoms with Crippen molar-refractivity contribution in [1.82, 2.24) is 4.98 Å². The number of hydrogen-bond acceptors (Lipinski definition) is 5. The highest BCUT2D eigenvalue weighted by atomic mass is 32.1. The predicted molar refractivity (Wildman–Crippen MR) is 76.6 cm³/mol. The van der Waals surface area contributed by atoms with Crippen LogP contribution in [0.15, 0.2) is 23.6 Å². The summed E-state index contributed by atoms with van der Waals surface area (Å²) in [7, 11) is 1.57. The molecule has 0 aliphatic rings. The van der Waals surface area contributed by atoms with Crippen LogP contribution in [0.1, 0.15) is 11.3 Å². The van der Waals surface area contributed by atoms with Crippen molar-refractivity contribution in [2.45, 2.75) is 13.3 Å². The second-order valence-electron chi connectivity index (χ2n) is 4.11. The Labute approximate surface area is 115 Å². The van der Waals surface area contributed by atoms with Crippen molar-refractivity contribution in [3.8, 4) is 5.75 Å². The topological polar surface area (TPSA) is 77.2 Å². The lowest BCUT2D eigenvalue weighted by Crippen LogP contribution is -2.15. The van der Waals surface area contributed by atoms with Crippen LogP contribution in [0.25, 0.3) is 0 Å². The molecule has 1 aromatic carbocycles. The Bertz CT molecular complexity index is 595. The molecule has 0 saturated carbocycles. The van der Waals surface area contributed by atoms with E-state index < -0.39 is 0 Å². The van der Waals surface area contributed by atoms with E-state index in [4.69, 9.17) is 10.5 Å². The molecule has 0 unspecified atom stereocenters. The maximum absolute atomic E-state index is 11.9. The largest absolute Gasteiger partial charge is 0.495 e. The van der Waals surface area contributed by atoms with Crippen LogP contribution in [0, 0.1) is 6.92 Å². The van der Waals surface area contributed by atoms with E-state index in [-0.39, 0.29) is 12.3 Å². The van der Waals surface area contributed by atoms with Gasteiger partial charge in [0.05, 0.1) is 24.9 Å². The highest BCUT2D eigenvalue weighted by Crippen LogP contribution is 2.25.